The van der Waals surface area contributed by atoms with Crippen molar-refractivity contribution in [2.45, 2.75) is 45.4 Å². The molecule has 1 aliphatic carbocycles. The number of unbranched alkanes of at least 4 members (excludes halogenated alkanes) is 2. The van der Waals surface area contributed by atoms with Crippen molar-refractivity contribution in [2.75, 3.05) is 20.1 Å². The van der Waals surface area contributed by atoms with Crippen LogP contribution in [0.4, 0.5) is 0 Å². The first-order valence-electron chi connectivity index (χ1n) is 6.18. The molecule has 3 nitrogen and oxygen atoms in total. The Balaban J connectivity index is 2.25. The van der Waals surface area contributed by atoms with Crippen LogP contribution in [0.1, 0.15) is 45.4 Å². The van der Waals surface area contributed by atoms with Gasteiger partial charge in [0.15, 0.2) is 0 Å². The normalized spacial score (nSPS) is 18.3. The Morgan fingerprint density at radius 3 is 2.53 bits per heavy atom. The zero-order valence-corrected chi connectivity index (χ0v) is 10.1. The quantitative estimate of drug-likeness (QED) is 0.630. The monoisotopic (exact) mass is 212 g/mol. The maximum absolute atomic E-state index is 11.9. The van der Waals surface area contributed by atoms with Gasteiger partial charge in [-0.1, -0.05) is 26.2 Å². The third kappa shape index (κ3) is 3.20. The second kappa shape index (κ2) is 6.11. The minimum Gasteiger partial charge on any atom is -0.356 e. The van der Waals surface area contributed by atoms with Crippen LogP contribution in [0.15, 0.2) is 0 Å². The van der Waals surface area contributed by atoms with Gasteiger partial charge in [-0.05, 0) is 26.3 Å². The molecule has 1 aliphatic rings. The average molecular weight is 212 g/mol. The molecular formula is C12H24N2O. The van der Waals surface area contributed by atoms with E-state index in [9.17, 15) is 4.79 Å². The summed E-state index contributed by atoms with van der Waals surface area (Å²) >= 11 is 0. The zero-order valence-electron chi connectivity index (χ0n) is 10.1. The summed E-state index contributed by atoms with van der Waals surface area (Å²) in [4.78, 5) is 11.9. The molecule has 0 heterocycles. The fourth-order valence-electron chi connectivity index (χ4n) is 2.19. The molecule has 1 saturated carbocycles. The van der Waals surface area contributed by atoms with Crippen LogP contribution in [0.2, 0.25) is 0 Å². The summed E-state index contributed by atoms with van der Waals surface area (Å²) in [5, 5.41) is 6.20. The highest BCUT2D eigenvalue weighted by atomic mass is 16.2. The van der Waals surface area contributed by atoms with Crippen LogP contribution in [-0.2, 0) is 4.79 Å². The lowest BCUT2D eigenvalue weighted by atomic mass is 9.68. The molecule has 0 radical (unpaired) electrons. The second-order valence-electron chi connectivity index (χ2n) is 4.63. The standard InChI is InChI=1S/C12H24N2O/c1-3-4-5-9-14-11(15)12(10-13-2)7-6-8-12/h13H,3-10H2,1-2H3,(H,14,15). The van der Waals surface area contributed by atoms with Crippen LogP contribution in [-0.4, -0.2) is 26.0 Å². The lowest BCUT2D eigenvalue weighted by Gasteiger charge is -2.40. The molecule has 2 N–H and O–H groups in total. The molecular weight excluding hydrogens is 188 g/mol. The average Bonchev–Trinajstić information content (AvgIpc) is 2.18. The summed E-state index contributed by atoms with van der Waals surface area (Å²) in [5.41, 5.74) is -0.0824. The summed E-state index contributed by atoms with van der Waals surface area (Å²) < 4.78 is 0. The highest BCUT2D eigenvalue weighted by molar-refractivity contribution is 5.83. The first kappa shape index (κ1) is 12.5. The van der Waals surface area contributed by atoms with E-state index in [-0.39, 0.29) is 11.3 Å². The van der Waals surface area contributed by atoms with E-state index >= 15 is 0 Å². The van der Waals surface area contributed by atoms with Crippen LogP contribution in [0.25, 0.3) is 0 Å². The topological polar surface area (TPSA) is 41.1 Å². The molecule has 0 aromatic heterocycles. The third-order valence-electron chi connectivity index (χ3n) is 3.37. The Hall–Kier alpha value is -0.570. The second-order valence-corrected chi connectivity index (χ2v) is 4.63. The van der Waals surface area contributed by atoms with Gasteiger partial charge in [-0.3, -0.25) is 4.79 Å². The highest BCUT2D eigenvalue weighted by Crippen LogP contribution is 2.40. The van der Waals surface area contributed by atoms with E-state index in [2.05, 4.69) is 17.6 Å². The number of nitrogens with one attached hydrogen (secondary N) is 2. The minimum absolute atomic E-state index is 0.0824. The molecule has 0 unspecified atom stereocenters. The predicted molar refractivity (Wildman–Crippen MR) is 62.7 cm³/mol. The number of carbonyl (C=O) groups is 1. The maximum atomic E-state index is 11.9. The zero-order chi connectivity index (χ0) is 11.1. The molecule has 3 heteroatoms. The van der Waals surface area contributed by atoms with Crippen LogP contribution >= 0.6 is 0 Å². The van der Waals surface area contributed by atoms with Gasteiger partial charge in [-0.25, -0.2) is 0 Å². The molecule has 0 saturated heterocycles. The van der Waals surface area contributed by atoms with E-state index in [1.807, 2.05) is 7.05 Å². The van der Waals surface area contributed by atoms with E-state index in [4.69, 9.17) is 0 Å². The van der Waals surface area contributed by atoms with Crippen molar-refractivity contribution in [3.05, 3.63) is 0 Å². The van der Waals surface area contributed by atoms with Gasteiger partial charge in [0.2, 0.25) is 5.91 Å². The molecule has 0 bridgehead atoms. The highest BCUT2D eigenvalue weighted by Gasteiger charge is 2.43. The summed E-state index contributed by atoms with van der Waals surface area (Å²) in [7, 11) is 1.92. The molecule has 15 heavy (non-hydrogen) atoms. The summed E-state index contributed by atoms with van der Waals surface area (Å²) in [6, 6.07) is 0. The van der Waals surface area contributed by atoms with Crippen molar-refractivity contribution in [1.29, 1.82) is 0 Å². The predicted octanol–water partition coefficient (Wildman–Crippen LogP) is 1.68. The Morgan fingerprint density at radius 1 is 1.33 bits per heavy atom. The van der Waals surface area contributed by atoms with Crippen LogP contribution in [0.3, 0.4) is 0 Å². The molecule has 88 valence electrons. The molecule has 0 atom stereocenters. The molecule has 1 fully saturated rings. The third-order valence-corrected chi connectivity index (χ3v) is 3.37. The Morgan fingerprint density at radius 2 is 2.07 bits per heavy atom. The molecule has 0 aliphatic heterocycles. The van der Waals surface area contributed by atoms with Gasteiger partial charge in [-0.2, -0.15) is 0 Å². The molecule has 1 rings (SSSR count). The van der Waals surface area contributed by atoms with Gasteiger partial charge in [-0.15, -0.1) is 0 Å². The number of amides is 1. The van der Waals surface area contributed by atoms with Crippen molar-refractivity contribution < 1.29 is 4.79 Å². The van der Waals surface area contributed by atoms with Gasteiger partial charge in [0.25, 0.3) is 0 Å². The number of hydrogen-bond donors (Lipinski definition) is 2. The Bertz CT molecular complexity index is 200. The maximum Gasteiger partial charge on any atom is 0.227 e. The molecule has 0 spiro atoms. The van der Waals surface area contributed by atoms with Gasteiger partial charge in [0.1, 0.15) is 0 Å². The van der Waals surface area contributed by atoms with Crippen molar-refractivity contribution in [3.8, 4) is 0 Å². The largest absolute Gasteiger partial charge is 0.356 e. The van der Waals surface area contributed by atoms with E-state index < -0.39 is 0 Å². The molecule has 0 aromatic rings. The van der Waals surface area contributed by atoms with E-state index in [1.165, 1.54) is 19.3 Å². The Labute approximate surface area is 93.0 Å². The van der Waals surface area contributed by atoms with Crippen molar-refractivity contribution in [3.63, 3.8) is 0 Å². The van der Waals surface area contributed by atoms with E-state index in [0.717, 1.165) is 32.4 Å². The summed E-state index contributed by atoms with van der Waals surface area (Å²) in [6.07, 6.45) is 6.82. The lowest BCUT2D eigenvalue weighted by molar-refractivity contribution is -0.135. The van der Waals surface area contributed by atoms with Gasteiger partial charge >= 0.3 is 0 Å². The molecule has 1 amide bonds. The first-order valence-corrected chi connectivity index (χ1v) is 6.18. The van der Waals surface area contributed by atoms with Gasteiger partial charge < -0.3 is 10.6 Å². The van der Waals surface area contributed by atoms with Crippen molar-refractivity contribution in [1.82, 2.24) is 10.6 Å². The smallest absolute Gasteiger partial charge is 0.227 e. The minimum atomic E-state index is -0.0824. The SMILES string of the molecule is CCCCCNC(=O)C1(CNC)CCC1. The first-order chi connectivity index (χ1) is 7.25. The van der Waals surface area contributed by atoms with Gasteiger partial charge in [0, 0.05) is 13.1 Å². The van der Waals surface area contributed by atoms with Crippen LogP contribution < -0.4 is 10.6 Å². The summed E-state index contributed by atoms with van der Waals surface area (Å²) in [5.74, 6) is 0.263. The van der Waals surface area contributed by atoms with Gasteiger partial charge in [0.05, 0.1) is 5.41 Å². The van der Waals surface area contributed by atoms with Crippen LogP contribution in [0, 0.1) is 5.41 Å². The fourth-order valence-corrected chi connectivity index (χ4v) is 2.19. The number of carbonyl (C=O) groups excluding carboxylic acids is 1. The summed E-state index contributed by atoms with van der Waals surface area (Å²) in [6.45, 7) is 3.85. The van der Waals surface area contributed by atoms with Crippen molar-refractivity contribution >= 4 is 5.91 Å². The fraction of sp³-hybridized carbons (Fsp3) is 0.917. The lowest BCUT2D eigenvalue weighted by Crippen LogP contribution is -2.51. The van der Waals surface area contributed by atoms with E-state index in [0.29, 0.717) is 0 Å². The Kier molecular flexibility index (Phi) is 5.09. The van der Waals surface area contributed by atoms with Crippen molar-refractivity contribution in [2.24, 2.45) is 5.41 Å². The van der Waals surface area contributed by atoms with Crippen LogP contribution in [0.5, 0.6) is 0 Å². The number of rotatable bonds is 7. The molecule has 0 aromatic carbocycles. The number of hydrogen-bond acceptors (Lipinski definition) is 2. The van der Waals surface area contributed by atoms with E-state index in [1.54, 1.807) is 0 Å².